The number of carbonyl (C=O) groups is 1. The topological polar surface area (TPSA) is 71.2 Å². The lowest BCUT2D eigenvalue weighted by Crippen LogP contribution is -2.37. The van der Waals surface area contributed by atoms with Crippen molar-refractivity contribution in [1.82, 2.24) is 14.7 Å². The van der Waals surface area contributed by atoms with E-state index in [0.717, 1.165) is 39.4 Å². The highest BCUT2D eigenvalue weighted by Crippen LogP contribution is 2.42. The molecule has 0 N–H and O–H groups in total. The average molecular weight is 447 g/mol. The normalized spacial score (nSPS) is 15.7. The van der Waals surface area contributed by atoms with Crippen LogP contribution in [-0.2, 0) is 22.6 Å². The lowest BCUT2D eigenvalue weighted by Gasteiger charge is -2.33. The van der Waals surface area contributed by atoms with Crippen LogP contribution < -0.4 is 0 Å². The zero-order chi connectivity index (χ0) is 22.7. The number of nitriles is 1. The number of aromatic nitrogens is 2. The average Bonchev–Trinajstić information content (AvgIpc) is 3.41. The second-order valence-electron chi connectivity index (χ2n) is 7.80. The zero-order valence-corrected chi connectivity index (χ0v) is 19.4. The molecule has 2 aromatic heterocycles. The minimum absolute atomic E-state index is 0.0162. The Morgan fingerprint density at radius 2 is 2.16 bits per heavy atom. The van der Waals surface area contributed by atoms with Crippen LogP contribution in [0.5, 0.6) is 0 Å². The molecule has 3 heterocycles. The molecule has 3 aromatic rings. The molecule has 1 aromatic carbocycles. The van der Waals surface area contributed by atoms with Crippen LogP contribution >= 0.6 is 11.3 Å². The van der Waals surface area contributed by atoms with Gasteiger partial charge in [-0.05, 0) is 36.6 Å². The predicted molar refractivity (Wildman–Crippen MR) is 125 cm³/mol. The smallest absolute Gasteiger partial charge is 0.246 e. The molecule has 0 spiro atoms. The molecule has 6 nitrogen and oxygen atoms in total. The van der Waals surface area contributed by atoms with Crippen LogP contribution in [0.2, 0.25) is 0 Å². The molecule has 0 unspecified atom stereocenters. The molecule has 32 heavy (non-hydrogen) atoms. The van der Waals surface area contributed by atoms with E-state index in [-0.39, 0.29) is 11.8 Å². The van der Waals surface area contributed by atoms with Crippen LogP contribution in [0.15, 0.2) is 48.7 Å². The van der Waals surface area contributed by atoms with Crippen molar-refractivity contribution in [3.63, 3.8) is 0 Å². The second kappa shape index (κ2) is 9.51. The van der Waals surface area contributed by atoms with Crippen molar-refractivity contribution in [1.29, 1.82) is 5.26 Å². The summed E-state index contributed by atoms with van der Waals surface area (Å²) in [6.07, 6.45) is 5.40. The van der Waals surface area contributed by atoms with Crippen LogP contribution in [0.1, 0.15) is 39.4 Å². The molecule has 0 saturated carbocycles. The number of fused-ring (bicyclic) bond motifs is 1. The maximum atomic E-state index is 12.9. The second-order valence-corrected chi connectivity index (χ2v) is 8.94. The Bertz CT molecular complexity index is 1200. The quantitative estimate of drug-likeness (QED) is 0.523. The molecule has 0 saturated heterocycles. The van der Waals surface area contributed by atoms with Crippen LogP contribution in [0.4, 0.5) is 0 Å². The number of benzene rings is 1. The van der Waals surface area contributed by atoms with E-state index >= 15 is 0 Å². The van der Waals surface area contributed by atoms with Gasteiger partial charge in [-0.15, -0.1) is 11.3 Å². The van der Waals surface area contributed by atoms with Crippen LogP contribution in [0.25, 0.3) is 11.1 Å². The first-order valence-corrected chi connectivity index (χ1v) is 11.5. The van der Waals surface area contributed by atoms with Crippen molar-refractivity contribution in [2.24, 2.45) is 0 Å². The SMILES string of the molecule is CCn1cc(-c2ccccc2[C@@H]2CN(C(=O)/C=C/COC)Cc3sc(C#N)cc32)c(C)n1. The number of ether oxygens (including phenoxy) is 1. The Morgan fingerprint density at radius 1 is 1.34 bits per heavy atom. The van der Waals surface area contributed by atoms with E-state index in [4.69, 9.17) is 4.74 Å². The van der Waals surface area contributed by atoms with Crippen molar-refractivity contribution in [3.8, 4) is 17.2 Å². The first-order valence-electron chi connectivity index (χ1n) is 10.7. The Labute approximate surface area is 192 Å². The van der Waals surface area contributed by atoms with Gasteiger partial charge in [-0.2, -0.15) is 10.4 Å². The Kier molecular flexibility index (Phi) is 6.54. The highest BCUT2D eigenvalue weighted by Gasteiger charge is 2.32. The first-order chi connectivity index (χ1) is 15.5. The van der Waals surface area contributed by atoms with E-state index in [1.165, 1.54) is 11.3 Å². The summed E-state index contributed by atoms with van der Waals surface area (Å²) in [6, 6.07) is 12.6. The van der Waals surface area contributed by atoms with Crippen LogP contribution in [0.3, 0.4) is 0 Å². The van der Waals surface area contributed by atoms with E-state index in [1.54, 1.807) is 19.3 Å². The maximum Gasteiger partial charge on any atom is 0.246 e. The van der Waals surface area contributed by atoms with Gasteiger partial charge in [-0.25, -0.2) is 0 Å². The molecular weight excluding hydrogens is 420 g/mol. The molecule has 0 bridgehead atoms. The summed E-state index contributed by atoms with van der Waals surface area (Å²) in [5, 5.41) is 14.1. The molecule has 0 radical (unpaired) electrons. The number of methoxy groups -OCH3 is 1. The summed E-state index contributed by atoms with van der Waals surface area (Å²) in [5.74, 6) is -0.0606. The number of thiophene rings is 1. The lowest BCUT2D eigenvalue weighted by molar-refractivity contribution is -0.127. The molecule has 4 rings (SSSR count). The Morgan fingerprint density at radius 3 is 2.88 bits per heavy atom. The van der Waals surface area contributed by atoms with Gasteiger partial charge in [-0.3, -0.25) is 9.48 Å². The van der Waals surface area contributed by atoms with Gasteiger partial charge in [0, 0.05) is 48.8 Å². The van der Waals surface area contributed by atoms with Gasteiger partial charge in [0.15, 0.2) is 0 Å². The lowest BCUT2D eigenvalue weighted by atomic mass is 9.84. The van der Waals surface area contributed by atoms with Crippen molar-refractivity contribution in [2.75, 3.05) is 20.3 Å². The molecule has 1 aliphatic rings. The van der Waals surface area contributed by atoms with Gasteiger partial charge >= 0.3 is 0 Å². The number of aryl methyl sites for hydroxylation is 2. The number of carbonyl (C=O) groups excluding carboxylic acids is 1. The maximum absolute atomic E-state index is 12.9. The fourth-order valence-corrected chi connectivity index (χ4v) is 5.28. The number of rotatable bonds is 6. The highest BCUT2D eigenvalue weighted by atomic mass is 32.1. The van der Waals surface area contributed by atoms with E-state index in [1.807, 2.05) is 34.7 Å². The van der Waals surface area contributed by atoms with Crippen LogP contribution in [0, 0.1) is 18.3 Å². The summed E-state index contributed by atoms with van der Waals surface area (Å²) >= 11 is 1.48. The predicted octanol–water partition coefficient (Wildman–Crippen LogP) is 4.49. The van der Waals surface area contributed by atoms with Gasteiger partial charge in [0.05, 0.1) is 18.8 Å². The number of hydrogen-bond donors (Lipinski definition) is 0. The molecule has 0 aliphatic carbocycles. The van der Waals surface area contributed by atoms with Crippen molar-refractivity contribution >= 4 is 17.2 Å². The minimum Gasteiger partial charge on any atom is -0.381 e. The molecule has 0 fully saturated rings. The largest absolute Gasteiger partial charge is 0.381 e. The Hall–Kier alpha value is -3.21. The molecule has 1 amide bonds. The summed E-state index contributed by atoms with van der Waals surface area (Å²) in [4.78, 5) is 16.5. The van der Waals surface area contributed by atoms with E-state index in [2.05, 4.69) is 36.4 Å². The molecule has 1 aliphatic heterocycles. The summed E-state index contributed by atoms with van der Waals surface area (Å²) in [7, 11) is 1.60. The summed E-state index contributed by atoms with van der Waals surface area (Å²) in [6.45, 7) is 6.38. The number of amides is 1. The fourth-order valence-electron chi connectivity index (χ4n) is 4.25. The molecule has 7 heteroatoms. The van der Waals surface area contributed by atoms with Gasteiger partial charge < -0.3 is 9.64 Å². The van der Waals surface area contributed by atoms with Gasteiger partial charge in [0.25, 0.3) is 0 Å². The van der Waals surface area contributed by atoms with Crippen LogP contribution in [-0.4, -0.2) is 40.8 Å². The monoisotopic (exact) mass is 446 g/mol. The standard InChI is InChI=1S/C25H26N4O2S/c1-4-29-15-22(17(2)27-29)19-8-5-6-9-20(19)23-14-28(25(30)10-7-11-31-3)16-24-21(23)12-18(13-26)32-24/h5-10,12,15,23H,4,11,14,16H2,1-3H3/b10-7+/t23-/m0/s1. The van der Waals surface area contributed by atoms with E-state index in [0.29, 0.717) is 24.6 Å². The first kappa shape index (κ1) is 22.0. The van der Waals surface area contributed by atoms with E-state index in [9.17, 15) is 10.1 Å². The third-order valence-corrected chi connectivity index (χ3v) is 6.84. The molecule has 1 atom stereocenters. The summed E-state index contributed by atoms with van der Waals surface area (Å²) < 4.78 is 6.98. The zero-order valence-electron chi connectivity index (χ0n) is 18.5. The summed E-state index contributed by atoms with van der Waals surface area (Å²) in [5.41, 5.74) is 5.49. The molecular formula is C25H26N4O2S. The van der Waals surface area contributed by atoms with Gasteiger partial charge in [0.1, 0.15) is 10.9 Å². The van der Waals surface area contributed by atoms with Gasteiger partial charge in [-0.1, -0.05) is 30.3 Å². The highest BCUT2D eigenvalue weighted by molar-refractivity contribution is 7.12. The fraction of sp³-hybridized carbons (Fsp3) is 0.320. The third kappa shape index (κ3) is 4.24. The van der Waals surface area contributed by atoms with Gasteiger partial charge in [0.2, 0.25) is 5.91 Å². The van der Waals surface area contributed by atoms with Crippen molar-refractivity contribution in [2.45, 2.75) is 32.9 Å². The number of hydrogen-bond acceptors (Lipinski definition) is 5. The minimum atomic E-state index is -0.0444. The van der Waals surface area contributed by atoms with E-state index < -0.39 is 0 Å². The third-order valence-electron chi connectivity index (χ3n) is 5.80. The Balaban J connectivity index is 1.78. The number of nitrogens with zero attached hydrogens (tertiary/aromatic N) is 4. The van der Waals surface area contributed by atoms with Crippen molar-refractivity contribution < 1.29 is 9.53 Å². The molecule has 164 valence electrons. The van der Waals surface area contributed by atoms with Crippen molar-refractivity contribution in [3.05, 3.63) is 75.3 Å².